The first-order valence-electron chi connectivity index (χ1n) is 8.47. The molecule has 0 N–H and O–H groups in total. The van der Waals surface area contributed by atoms with Gasteiger partial charge >= 0.3 is 0 Å². The van der Waals surface area contributed by atoms with E-state index in [1.165, 1.54) is 27.5 Å². The molecule has 0 bridgehead atoms. The Bertz CT molecular complexity index is 998. The van der Waals surface area contributed by atoms with E-state index in [0.717, 1.165) is 5.70 Å². The lowest BCUT2D eigenvalue weighted by Crippen LogP contribution is -1.92. The average molecular weight is 321 g/mol. The highest BCUT2D eigenvalue weighted by Crippen LogP contribution is 2.31. The second kappa shape index (κ2) is 6.74. The van der Waals surface area contributed by atoms with Crippen LogP contribution in [0, 0.1) is 0 Å². The van der Waals surface area contributed by atoms with Crippen LogP contribution >= 0.6 is 0 Å². The zero-order valence-electron chi connectivity index (χ0n) is 14.0. The van der Waals surface area contributed by atoms with Crippen molar-refractivity contribution in [2.24, 2.45) is 4.99 Å². The highest BCUT2D eigenvalue weighted by molar-refractivity contribution is 5.96. The first kappa shape index (κ1) is 15.3. The minimum atomic E-state index is 0.220. The molecule has 3 aromatic carbocycles. The van der Waals surface area contributed by atoms with Crippen molar-refractivity contribution in [3.8, 4) is 11.1 Å². The van der Waals surface area contributed by atoms with Gasteiger partial charge in [0.05, 0.1) is 5.70 Å². The van der Waals surface area contributed by atoms with E-state index >= 15 is 0 Å². The average Bonchev–Trinajstić information content (AvgIpc) is 2.93. The Morgan fingerprint density at radius 2 is 1.60 bits per heavy atom. The van der Waals surface area contributed by atoms with Crippen LogP contribution in [0.4, 0.5) is 0 Å². The van der Waals surface area contributed by atoms with Gasteiger partial charge in [-0.3, -0.25) is 4.99 Å². The molecule has 3 aromatic rings. The molecule has 4 rings (SSSR count). The van der Waals surface area contributed by atoms with Crippen LogP contribution < -0.4 is 0 Å². The number of benzene rings is 3. The van der Waals surface area contributed by atoms with E-state index in [4.69, 9.17) is 0 Å². The van der Waals surface area contributed by atoms with Gasteiger partial charge in [-0.1, -0.05) is 85.0 Å². The minimum Gasteiger partial charge on any atom is -0.265 e. The molecular formula is C24H19N. The maximum absolute atomic E-state index is 4.07. The summed E-state index contributed by atoms with van der Waals surface area (Å²) in [5.41, 5.74) is 4.67. The van der Waals surface area contributed by atoms with Gasteiger partial charge in [0.25, 0.3) is 0 Å². The molecule has 0 fully saturated rings. The Morgan fingerprint density at radius 1 is 0.800 bits per heavy atom. The summed E-state index contributed by atoms with van der Waals surface area (Å²) in [6.45, 7) is 3.64. The Hall–Kier alpha value is -3.19. The molecule has 0 amide bonds. The molecule has 1 aliphatic rings. The molecule has 1 atom stereocenters. The zero-order valence-corrected chi connectivity index (χ0v) is 14.0. The summed E-state index contributed by atoms with van der Waals surface area (Å²) in [5, 5.41) is 2.56. The smallest absolute Gasteiger partial charge is 0.0591 e. The van der Waals surface area contributed by atoms with Gasteiger partial charge in [0, 0.05) is 5.92 Å². The van der Waals surface area contributed by atoms with Crippen molar-refractivity contribution >= 4 is 17.5 Å². The van der Waals surface area contributed by atoms with Crippen molar-refractivity contribution in [1.82, 2.24) is 0 Å². The summed E-state index contributed by atoms with van der Waals surface area (Å²) in [5.74, 6) is 0.220. The van der Waals surface area contributed by atoms with Crippen LogP contribution in [-0.4, -0.2) is 6.72 Å². The molecule has 0 radical (unpaired) electrons. The van der Waals surface area contributed by atoms with Gasteiger partial charge in [0.1, 0.15) is 0 Å². The molecule has 0 spiro atoms. The Labute approximate surface area is 148 Å². The molecule has 0 aliphatic heterocycles. The molecule has 25 heavy (non-hydrogen) atoms. The van der Waals surface area contributed by atoms with Gasteiger partial charge in [-0.25, -0.2) is 0 Å². The summed E-state index contributed by atoms with van der Waals surface area (Å²) < 4.78 is 0. The van der Waals surface area contributed by atoms with Crippen LogP contribution in [-0.2, 0) is 0 Å². The third kappa shape index (κ3) is 3.09. The van der Waals surface area contributed by atoms with Gasteiger partial charge in [-0.15, -0.1) is 0 Å². The molecular weight excluding hydrogens is 302 g/mol. The summed E-state index contributed by atoms with van der Waals surface area (Å²) >= 11 is 0. The van der Waals surface area contributed by atoms with Gasteiger partial charge in [0.2, 0.25) is 0 Å². The fourth-order valence-corrected chi connectivity index (χ4v) is 3.31. The number of rotatable bonds is 3. The summed E-state index contributed by atoms with van der Waals surface area (Å²) in [7, 11) is 0. The number of aliphatic imine (C=N–C) groups is 1. The quantitative estimate of drug-likeness (QED) is 0.502. The maximum Gasteiger partial charge on any atom is 0.0591 e. The van der Waals surface area contributed by atoms with Crippen molar-refractivity contribution < 1.29 is 0 Å². The van der Waals surface area contributed by atoms with E-state index < -0.39 is 0 Å². The second-order valence-electron chi connectivity index (χ2n) is 6.17. The van der Waals surface area contributed by atoms with E-state index in [2.05, 4.69) is 96.7 Å². The third-order valence-corrected chi connectivity index (χ3v) is 4.63. The first-order chi connectivity index (χ1) is 12.3. The van der Waals surface area contributed by atoms with Gasteiger partial charge < -0.3 is 0 Å². The van der Waals surface area contributed by atoms with Crippen molar-refractivity contribution in [2.45, 2.75) is 5.92 Å². The molecule has 0 saturated carbocycles. The molecule has 1 aliphatic carbocycles. The normalized spacial score (nSPS) is 16.5. The third-order valence-electron chi connectivity index (χ3n) is 4.63. The standard InChI is InChI=1S/C24H19N/c1-25-22-10-4-2-8-21(17-22)18-13-15-20(16-14-18)24-12-6-9-19-7-3-5-11-23(19)24/h2-17,21H,1H2. The molecule has 1 heteroatoms. The van der Waals surface area contributed by atoms with E-state index in [9.17, 15) is 0 Å². The summed E-state index contributed by atoms with van der Waals surface area (Å²) in [6.07, 6.45) is 10.4. The van der Waals surface area contributed by atoms with Crippen LogP contribution in [0.1, 0.15) is 11.5 Å². The zero-order chi connectivity index (χ0) is 17.1. The lowest BCUT2D eigenvalue weighted by atomic mass is 9.93. The van der Waals surface area contributed by atoms with E-state index in [1.807, 2.05) is 12.2 Å². The fraction of sp³-hybridized carbons (Fsp3) is 0.0417. The molecule has 0 heterocycles. The molecule has 1 nitrogen and oxygen atoms in total. The highest BCUT2D eigenvalue weighted by Gasteiger charge is 2.09. The first-order valence-corrected chi connectivity index (χ1v) is 8.47. The topological polar surface area (TPSA) is 12.4 Å². The monoisotopic (exact) mass is 321 g/mol. The number of allylic oxidation sites excluding steroid dienone is 5. The van der Waals surface area contributed by atoms with E-state index in [1.54, 1.807) is 0 Å². The molecule has 120 valence electrons. The predicted octanol–water partition coefficient (Wildman–Crippen LogP) is 6.30. The molecule has 1 unspecified atom stereocenters. The van der Waals surface area contributed by atoms with E-state index in [-0.39, 0.29) is 5.92 Å². The number of hydrogen-bond donors (Lipinski definition) is 0. The van der Waals surface area contributed by atoms with Gasteiger partial charge in [-0.05, 0) is 46.3 Å². The van der Waals surface area contributed by atoms with Crippen LogP contribution in [0.25, 0.3) is 21.9 Å². The highest BCUT2D eigenvalue weighted by atomic mass is 14.7. The fourth-order valence-electron chi connectivity index (χ4n) is 3.31. The molecule has 0 saturated heterocycles. The lowest BCUT2D eigenvalue weighted by Gasteiger charge is -2.11. The van der Waals surface area contributed by atoms with Crippen LogP contribution in [0.3, 0.4) is 0 Å². The van der Waals surface area contributed by atoms with Crippen LogP contribution in [0.2, 0.25) is 0 Å². The van der Waals surface area contributed by atoms with Crippen molar-refractivity contribution in [2.75, 3.05) is 0 Å². The van der Waals surface area contributed by atoms with Gasteiger partial charge in [-0.2, -0.15) is 0 Å². The Balaban J connectivity index is 1.72. The lowest BCUT2D eigenvalue weighted by molar-refractivity contribution is 1.07. The SMILES string of the molecule is C=NC1=CC(c2ccc(-c3cccc4ccccc34)cc2)C=CC=C1. The Kier molecular flexibility index (Phi) is 4.14. The summed E-state index contributed by atoms with van der Waals surface area (Å²) in [4.78, 5) is 4.07. The number of hydrogen-bond acceptors (Lipinski definition) is 1. The van der Waals surface area contributed by atoms with Crippen LogP contribution in [0.15, 0.2) is 108 Å². The maximum atomic E-state index is 4.07. The molecule has 0 aromatic heterocycles. The van der Waals surface area contributed by atoms with Crippen molar-refractivity contribution in [3.63, 3.8) is 0 Å². The second-order valence-corrected chi connectivity index (χ2v) is 6.17. The van der Waals surface area contributed by atoms with Crippen LogP contribution in [0.5, 0.6) is 0 Å². The summed E-state index contributed by atoms with van der Waals surface area (Å²) in [6, 6.07) is 23.8. The minimum absolute atomic E-state index is 0.220. The Morgan fingerprint density at radius 3 is 2.44 bits per heavy atom. The number of nitrogens with zero attached hydrogens (tertiary/aromatic N) is 1. The largest absolute Gasteiger partial charge is 0.265 e. The predicted molar refractivity (Wildman–Crippen MR) is 108 cm³/mol. The van der Waals surface area contributed by atoms with Crippen molar-refractivity contribution in [3.05, 3.63) is 108 Å². The van der Waals surface area contributed by atoms with E-state index in [0.29, 0.717) is 0 Å². The van der Waals surface area contributed by atoms with Gasteiger partial charge in [0.15, 0.2) is 0 Å². The number of fused-ring (bicyclic) bond motifs is 1. The van der Waals surface area contributed by atoms with Crippen molar-refractivity contribution in [1.29, 1.82) is 0 Å².